The molecule has 0 unspecified atom stereocenters. The first kappa shape index (κ1) is 18.5. The van der Waals surface area contributed by atoms with Crippen molar-refractivity contribution in [3.63, 3.8) is 0 Å². The third-order valence-electron chi connectivity index (χ3n) is 3.56. The zero-order valence-electron chi connectivity index (χ0n) is 13.6. The second-order valence-corrected chi connectivity index (χ2v) is 5.42. The van der Waals surface area contributed by atoms with Crippen LogP contribution in [0.4, 0.5) is 18.9 Å². The molecule has 2 rings (SSSR count). The molecule has 2 amide bonds. The number of benzene rings is 2. The molecule has 0 saturated heterocycles. The molecule has 132 valence electrons. The predicted octanol–water partition coefficient (Wildman–Crippen LogP) is 3.16. The van der Waals surface area contributed by atoms with E-state index in [1.54, 1.807) is 12.1 Å². The smallest absolute Gasteiger partial charge is 0.223 e. The van der Waals surface area contributed by atoms with Crippen LogP contribution in [0.5, 0.6) is 0 Å². The molecule has 0 heterocycles. The minimum absolute atomic E-state index is 0.0141. The summed E-state index contributed by atoms with van der Waals surface area (Å²) in [5.41, 5.74) is 0.913. The SMILES string of the molecule is CC(=O)N(CCC(=O)NCc1ccc(F)cc1)c1ccc(F)c(F)c1. The van der Waals surface area contributed by atoms with Gasteiger partial charge in [-0.25, -0.2) is 13.2 Å². The van der Waals surface area contributed by atoms with Gasteiger partial charge >= 0.3 is 0 Å². The molecule has 7 heteroatoms. The number of amides is 2. The van der Waals surface area contributed by atoms with Crippen LogP contribution in [-0.2, 0) is 16.1 Å². The molecule has 0 saturated carbocycles. The summed E-state index contributed by atoms with van der Waals surface area (Å²) < 4.78 is 39.1. The highest BCUT2D eigenvalue weighted by molar-refractivity contribution is 5.92. The summed E-state index contributed by atoms with van der Waals surface area (Å²) in [6, 6.07) is 8.81. The van der Waals surface area contributed by atoms with Crippen LogP contribution in [0, 0.1) is 17.5 Å². The first-order valence-electron chi connectivity index (χ1n) is 7.61. The molecule has 0 spiro atoms. The van der Waals surface area contributed by atoms with Crippen LogP contribution in [0.1, 0.15) is 18.9 Å². The number of carbonyl (C=O) groups excluding carboxylic acids is 2. The number of anilines is 1. The monoisotopic (exact) mass is 350 g/mol. The van der Waals surface area contributed by atoms with Gasteiger partial charge in [0.1, 0.15) is 5.82 Å². The van der Waals surface area contributed by atoms with Gasteiger partial charge in [-0.1, -0.05) is 12.1 Å². The predicted molar refractivity (Wildman–Crippen MR) is 87.2 cm³/mol. The van der Waals surface area contributed by atoms with E-state index in [2.05, 4.69) is 5.32 Å². The highest BCUT2D eigenvalue weighted by Gasteiger charge is 2.15. The molecule has 0 bridgehead atoms. The number of halogens is 3. The van der Waals surface area contributed by atoms with E-state index in [4.69, 9.17) is 0 Å². The van der Waals surface area contributed by atoms with Gasteiger partial charge < -0.3 is 10.2 Å². The Kier molecular flexibility index (Phi) is 6.16. The van der Waals surface area contributed by atoms with Crippen LogP contribution in [0.3, 0.4) is 0 Å². The maximum absolute atomic E-state index is 13.3. The number of hydrogen-bond donors (Lipinski definition) is 1. The number of nitrogens with one attached hydrogen (secondary N) is 1. The lowest BCUT2D eigenvalue weighted by Gasteiger charge is -2.21. The number of rotatable bonds is 6. The second-order valence-electron chi connectivity index (χ2n) is 5.42. The Morgan fingerprint density at radius 3 is 2.28 bits per heavy atom. The van der Waals surface area contributed by atoms with Crippen LogP contribution in [0.25, 0.3) is 0 Å². The minimum Gasteiger partial charge on any atom is -0.352 e. The van der Waals surface area contributed by atoms with Crippen molar-refractivity contribution in [3.05, 3.63) is 65.5 Å². The fourth-order valence-electron chi connectivity index (χ4n) is 2.23. The summed E-state index contributed by atoms with van der Waals surface area (Å²) in [6.07, 6.45) is -0.0141. The molecule has 1 N–H and O–H groups in total. The Labute approximate surface area is 143 Å². The number of nitrogens with zero attached hydrogens (tertiary/aromatic N) is 1. The first-order chi connectivity index (χ1) is 11.9. The van der Waals surface area contributed by atoms with Gasteiger partial charge in [0, 0.05) is 38.2 Å². The average molecular weight is 350 g/mol. The lowest BCUT2D eigenvalue weighted by molar-refractivity contribution is -0.121. The fraction of sp³-hybridized carbons (Fsp3) is 0.222. The van der Waals surface area contributed by atoms with E-state index in [1.165, 1.54) is 30.0 Å². The van der Waals surface area contributed by atoms with Gasteiger partial charge in [0.15, 0.2) is 11.6 Å². The molecule has 0 fully saturated rings. The molecule has 0 aliphatic carbocycles. The average Bonchev–Trinajstić information content (AvgIpc) is 2.57. The highest BCUT2D eigenvalue weighted by Crippen LogP contribution is 2.18. The van der Waals surface area contributed by atoms with Crippen molar-refractivity contribution in [1.82, 2.24) is 5.32 Å². The largest absolute Gasteiger partial charge is 0.352 e. The maximum atomic E-state index is 13.3. The van der Waals surface area contributed by atoms with Crippen molar-refractivity contribution in [2.45, 2.75) is 19.9 Å². The third-order valence-corrected chi connectivity index (χ3v) is 3.56. The second kappa shape index (κ2) is 8.32. The van der Waals surface area contributed by atoms with Crippen LogP contribution >= 0.6 is 0 Å². The quantitative estimate of drug-likeness (QED) is 0.870. The van der Waals surface area contributed by atoms with Gasteiger partial charge in [-0.05, 0) is 29.8 Å². The zero-order chi connectivity index (χ0) is 18.4. The topological polar surface area (TPSA) is 49.4 Å². The van der Waals surface area contributed by atoms with Crippen molar-refractivity contribution < 1.29 is 22.8 Å². The van der Waals surface area contributed by atoms with E-state index < -0.39 is 17.5 Å². The summed E-state index contributed by atoms with van der Waals surface area (Å²) in [4.78, 5) is 24.8. The fourth-order valence-corrected chi connectivity index (χ4v) is 2.23. The van der Waals surface area contributed by atoms with E-state index in [-0.39, 0.29) is 36.9 Å². The molecule has 0 radical (unpaired) electrons. The first-order valence-corrected chi connectivity index (χ1v) is 7.61. The van der Waals surface area contributed by atoms with Crippen molar-refractivity contribution >= 4 is 17.5 Å². The molecular weight excluding hydrogens is 333 g/mol. The molecule has 4 nitrogen and oxygen atoms in total. The third kappa shape index (κ3) is 5.34. The summed E-state index contributed by atoms with van der Waals surface area (Å²) in [5, 5.41) is 2.65. The van der Waals surface area contributed by atoms with Crippen molar-refractivity contribution in [1.29, 1.82) is 0 Å². The van der Waals surface area contributed by atoms with Gasteiger partial charge in [0.2, 0.25) is 11.8 Å². The molecule has 0 atom stereocenters. The van der Waals surface area contributed by atoms with Gasteiger partial charge in [-0.2, -0.15) is 0 Å². The van der Waals surface area contributed by atoms with Crippen LogP contribution < -0.4 is 10.2 Å². The highest BCUT2D eigenvalue weighted by atomic mass is 19.2. The lowest BCUT2D eigenvalue weighted by atomic mass is 10.2. The molecular formula is C18H17F3N2O2. The normalized spacial score (nSPS) is 10.4. The molecule has 2 aromatic rings. The number of carbonyl (C=O) groups is 2. The van der Waals surface area contributed by atoms with E-state index in [9.17, 15) is 22.8 Å². The van der Waals surface area contributed by atoms with Crippen LogP contribution in [0.2, 0.25) is 0 Å². The van der Waals surface area contributed by atoms with E-state index in [0.29, 0.717) is 0 Å². The van der Waals surface area contributed by atoms with Gasteiger partial charge in [-0.15, -0.1) is 0 Å². The standard InChI is InChI=1S/C18H17F3N2O2/c1-12(24)23(15-6-7-16(20)17(21)10-15)9-8-18(25)22-11-13-2-4-14(19)5-3-13/h2-7,10H,8-9,11H2,1H3,(H,22,25). The summed E-state index contributed by atoms with van der Waals surface area (Å²) in [5.74, 6) is -3.15. The van der Waals surface area contributed by atoms with E-state index >= 15 is 0 Å². The Bertz CT molecular complexity index is 763. The lowest BCUT2D eigenvalue weighted by Crippen LogP contribution is -2.33. The molecule has 0 aromatic heterocycles. The van der Waals surface area contributed by atoms with Crippen molar-refractivity contribution in [2.24, 2.45) is 0 Å². The van der Waals surface area contributed by atoms with E-state index in [0.717, 1.165) is 17.7 Å². The van der Waals surface area contributed by atoms with Crippen molar-refractivity contribution in [3.8, 4) is 0 Å². The van der Waals surface area contributed by atoms with Crippen LogP contribution in [0.15, 0.2) is 42.5 Å². The van der Waals surface area contributed by atoms with Crippen LogP contribution in [-0.4, -0.2) is 18.4 Å². The Hall–Kier alpha value is -2.83. The zero-order valence-corrected chi connectivity index (χ0v) is 13.6. The molecule has 0 aliphatic rings. The summed E-state index contributed by atoms with van der Waals surface area (Å²) >= 11 is 0. The Morgan fingerprint density at radius 2 is 1.68 bits per heavy atom. The molecule has 2 aromatic carbocycles. The summed E-state index contributed by atoms with van der Waals surface area (Å²) in [7, 11) is 0. The van der Waals surface area contributed by atoms with Gasteiger partial charge in [-0.3, -0.25) is 9.59 Å². The van der Waals surface area contributed by atoms with Crippen molar-refractivity contribution in [2.75, 3.05) is 11.4 Å². The Morgan fingerprint density at radius 1 is 1.00 bits per heavy atom. The Balaban J connectivity index is 1.91. The molecule has 25 heavy (non-hydrogen) atoms. The molecule has 0 aliphatic heterocycles. The summed E-state index contributed by atoms with van der Waals surface area (Å²) in [6.45, 7) is 1.53. The minimum atomic E-state index is -1.07. The maximum Gasteiger partial charge on any atom is 0.223 e. The number of hydrogen-bond acceptors (Lipinski definition) is 2. The van der Waals surface area contributed by atoms with E-state index in [1.807, 2.05) is 0 Å². The van der Waals surface area contributed by atoms with Gasteiger partial charge in [0.25, 0.3) is 0 Å². The van der Waals surface area contributed by atoms with Gasteiger partial charge in [0.05, 0.1) is 0 Å².